The van der Waals surface area contributed by atoms with Crippen molar-refractivity contribution in [2.75, 3.05) is 20.4 Å². The van der Waals surface area contributed by atoms with E-state index in [0.29, 0.717) is 13.3 Å². The van der Waals surface area contributed by atoms with Crippen molar-refractivity contribution in [3.63, 3.8) is 0 Å². The van der Waals surface area contributed by atoms with Gasteiger partial charge < -0.3 is 20.1 Å². The van der Waals surface area contributed by atoms with Crippen LogP contribution in [0.2, 0.25) is 0 Å². The van der Waals surface area contributed by atoms with Crippen LogP contribution in [0.3, 0.4) is 0 Å². The largest absolute Gasteiger partial charge is 0.454 e. The van der Waals surface area contributed by atoms with Gasteiger partial charge in [0.2, 0.25) is 6.79 Å². The minimum atomic E-state index is 0.303. The molecule has 1 aliphatic rings. The highest BCUT2D eigenvalue weighted by molar-refractivity contribution is 14.1. The number of hydrogen-bond donors (Lipinski definition) is 2. The van der Waals surface area contributed by atoms with Crippen LogP contribution in [0.25, 0.3) is 0 Å². The highest BCUT2D eigenvalue weighted by Gasteiger charge is 2.13. The molecule has 0 atom stereocenters. The molecule has 3 rings (SSSR count). The summed E-state index contributed by atoms with van der Waals surface area (Å²) in [5.74, 6) is 2.41. The second-order valence-electron chi connectivity index (χ2n) is 5.00. The summed E-state index contributed by atoms with van der Waals surface area (Å²) in [6.45, 7) is 1.85. The monoisotopic (exact) mass is 443 g/mol. The Bertz CT molecular complexity index is 702. The molecule has 2 aromatic rings. The highest BCUT2D eigenvalue weighted by atomic mass is 127. The van der Waals surface area contributed by atoms with Crippen molar-refractivity contribution >= 4 is 39.9 Å². The summed E-state index contributed by atoms with van der Waals surface area (Å²) in [5.41, 5.74) is 1.13. The molecule has 0 radical (unpaired) electrons. The van der Waals surface area contributed by atoms with Crippen molar-refractivity contribution < 1.29 is 9.47 Å². The molecule has 7 heteroatoms. The zero-order valence-electron chi connectivity index (χ0n) is 12.8. The predicted molar refractivity (Wildman–Crippen MR) is 102 cm³/mol. The van der Waals surface area contributed by atoms with Crippen LogP contribution in [-0.4, -0.2) is 26.3 Å². The van der Waals surface area contributed by atoms with Crippen molar-refractivity contribution in [3.05, 3.63) is 43.7 Å². The van der Waals surface area contributed by atoms with E-state index in [-0.39, 0.29) is 0 Å². The molecular weight excluding hydrogens is 425 g/mol. The number of halogens is 1. The second kappa shape index (κ2) is 7.87. The van der Waals surface area contributed by atoms with Crippen LogP contribution in [-0.2, 0) is 13.0 Å². The number of nitrogens with one attached hydrogen (secondary N) is 2. The maximum absolute atomic E-state index is 5.39. The molecule has 1 aromatic heterocycles. The van der Waals surface area contributed by atoms with E-state index in [1.165, 1.54) is 7.76 Å². The van der Waals surface area contributed by atoms with E-state index in [9.17, 15) is 0 Å². The number of benzene rings is 1. The Kier molecular flexibility index (Phi) is 5.60. The lowest BCUT2D eigenvalue weighted by Gasteiger charge is -2.12. The molecule has 0 saturated carbocycles. The average Bonchev–Trinajstić information content (AvgIpc) is 3.18. The van der Waals surface area contributed by atoms with Crippen LogP contribution in [0.5, 0.6) is 11.5 Å². The lowest BCUT2D eigenvalue weighted by Crippen LogP contribution is -2.37. The molecule has 0 amide bonds. The zero-order chi connectivity index (χ0) is 16.1. The van der Waals surface area contributed by atoms with Gasteiger partial charge in [0.05, 0.1) is 2.88 Å². The Labute approximate surface area is 153 Å². The van der Waals surface area contributed by atoms with Crippen LogP contribution in [0.15, 0.2) is 35.3 Å². The van der Waals surface area contributed by atoms with Gasteiger partial charge in [-0.25, -0.2) is 0 Å². The van der Waals surface area contributed by atoms with Gasteiger partial charge in [-0.1, -0.05) is 6.07 Å². The van der Waals surface area contributed by atoms with Gasteiger partial charge in [-0.2, -0.15) is 0 Å². The van der Waals surface area contributed by atoms with Crippen LogP contribution in [0, 0.1) is 2.88 Å². The lowest BCUT2D eigenvalue weighted by molar-refractivity contribution is 0.174. The normalized spacial score (nSPS) is 13.2. The first-order valence-electron chi connectivity index (χ1n) is 7.32. The third-order valence-corrected chi connectivity index (χ3v) is 5.37. The molecular formula is C16H18IN3O2S. The first-order valence-corrected chi connectivity index (χ1v) is 9.21. The topological polar surface area (TPSA) is 54.9 Å². The maximum atomic E-state index is 5.39. The summed E-state index contributed by atoms with van der Waals surface area (Å²) >= 11 is 4.18. The van der Waals surface area contributed by atoms with E-state index in [1.807, 2.05) is 29.5 Å². The Morgan fingerprint density at radius 1 is 1.22 bits per heavy atom. The molecule has 0 bridgehead atoms. The molecule has 2 N–H and O–H groups in total. The molecule has 122 valence electrons. The van der Waals surface area contributed by atoms with Gasteiger partial charge in [-0.05, 0) is 58.8 Å². The maximum Gasteiger partial charge on any atom is 0.231 e. The van der Waals surface area contributed by atoms with E-state index >= 15 is 0 Å². The van der Waals surface area contributed by atoms with Crippen LogP contribution >= 0.6 is 33.9 Å². The summed E-state index contributed by atoms with van der Waals surface area (Å²) in [7, 11) is 1.78. The zero-order valence-corrected chi connectivity index (χ0v) is 15.7. The number of rotatable bonds is 5. The molecule has 0 aliphatic carbocycles. The smallest absolute Gasteiger partial charge is 0.231 e. The van der Waals surface area contributed by atoms with Crippen molar-refractivity contribution in [1.29, 1.82) is 0 Å². The van der Waals surface area contributed by atoms with Gasteiger partial charge in [0, 0.05) is 25.0 Å². The molecule has 2 heterocycles. The fraction of sp³-hybridized carbons (Fsp3) is 0.312. The second-order valence-corrected chi connectivity index (χ2v) is 8.06. The van der Waals surface area contributed by atoms with Gasteiger partial charge in [0.15, 0.2) is 17.5 Å². The summed E-state index contributed by atoms with van der Waals surface area (Å²) in [6.07, 6.45) is 0.998. The Hall–Kier alpha value is -1.48. The minimum Gasteiger partial charge on any atom is -0.454 e. The molecule has 0 saturated heterocycles. The first kappa shape index (κ1) is 16.4. The fourth-order valence-corrected chi connectivity index (χ4v) is 4.00. The molecule has 0 unspecified atom stereocenters. The Morgan fingerprint density at radius 2 is 2.09 bits per heavy atom. The van der Waals surface area contributed by atoms with Crippen LogP contribution in [0.1, 0.15) is 10.4 Å². The van der Waals surface area contributed by atoms with Crippen molar-refractivity contribution in [1.82, 2.24) is 10.6 Å². The Morgan fingerprint density at radius 3 is 2.87 bits per heavy atom. The fourth-order valence-electron chi connectivity index (χ4n) is 2.25. The standard InChI is InChI=1S/C16H18IN3O2S/c1-18-16(19-7-6-12-3-5-15(17)23-12)20-9-11-2-4-13-14(8-11)22-10-21-13/h2-5,8H,6-7,9-10H2,1H3,(H2,18,19,20). The third-order valence-electron chi connectivity index (χ3n) is 3.41. The van der Waals surface area contributed by atoms with E-state index in [4.69, 9.17) is 9.47 Å². The molecule has 1 aliphatic heterocycles. The van der Waals surface area contributed by atoms with Gasteiger partial charge in [-0.15, -0.1) is 11.3 Å². The number of nitrogens with zero attached hydrogens (tertiary/aromatic N) is 1. The third kappa shape index (κ3) is 4.51. The number of guanidine groups is 1. The van der Waals surface area contributed by atoms with Gasteiger partial charge in [0.25, 0.3) is 0 Å². The number of hydrogen-bond acceptors (Lipinski definition) is 4. The van der Waals surface area contributed by atoms with Gasteiger partial charge >= 0.3 is 0 Å². The van der Waals surface area contributed by atoms with E-state index < -0.39 is 0 Å². The predicted octanol–water partition coefficient (Wildman–Crippen LogP) is 2.99. The lowest BCUT2D eigenvalue weighted by atomic mass is 10.2. The Balaban J connectivity index is 1.46. The van der Waals surface area contributed by atoms with Crippen molar-refractivity contribution in [2.24, 2.45) is 4.99 Å². The summed E-state index contributed by atoms with van der Waals surface area (Å²) in [4.78, 5) is 5.63. The van der Waals surface area contributed by atoms with Crippen molar-refractivity contribution in [3.8, 4) is 11.5 Å². The number of ether oxygens (including phenoxy) is 2. The SMILES string of the molecule is CN=C(NCCc1ccc(I)s1)NCc1ccc2c(c1)OCO2. The molecule has 5 nitrogen and oxygen atoms in total. The van der Waals surface area contributed by atoms with Gasteiger partial charge in [0.1, 0.15) is 0 Å². The first-order chi connectivity index (χ1) is 11.2. The van der Waals surface area contributed by atoms with Gasteiger partial charge in [-0.3, -0.25) is 4.99 Å². The number of thiophene rings is 1. The van der Waals surface area contributed by atoms with E-state index in [0.717, 1.165) is 36.0 Å². The van der Waals surface area contributed by atoms with Crippen molar-refractivity contribution in [2.45, 2.75) is 13.0 Å². The molecule has 0 fully saturated rings. The van der Waals surface area contributed by atoms with E-state index in [2.05, 4.69) is 50.3 Å². The minimum absolute atomic E-state index is 0.303. The summed E-state index contributed by atoms with van der Waals surface area (Å²) in [6, 6.07) is 10.3. The van der Waals surface area contributed by atoms with Crippen LogP contribution in [0.4, 0.5) is 0 Å². The number of aliphatic imine (C=N–C) groups is 1. The molecule has 23 heavy (non-hydrogen) atoms. The highest BCUT2D eigenvalue weighted by Crippen LogP contribution is 2.32. The average molecular weight is 443 g/mol. The van der Waals surface area contributed by atoms with E-state index in [1.54, 1.807) is 7.05 Å². The quantitative estimate of drug-likeness (QED) is 0.424. The summed E-state index contributed by atoms with van der Waals surface area (Å²) in [5, 5.41) is 6.65. The van der Waals surface area contributed by atoms with Crippen LogP contribution < -0.4 is 20.1 Å². The molecule has 0 spiro atoms. The molecule has 1 aromatic carbocycles. The number of fused-ring (bicyclic) bond motifs is 1. The summed E-state index contributed by atoms with van der Waals surface area (Å²) < 4.78 is 12.0.